The molecule has 1 aliphatic heterocycles. The van der Waals surface area contributed by atoms with Crippen LogP contribution >= 0.6 is 22.9 Å². The first-order chi connectivity index (χ1) is 15.4. The summed E-state index contributed by atoms with van der Waals surface area (Å²) in [6.07, 6.45) is 0. The van der Waals surface area contributed by atoms with Gasteiger partial charge in [0.2, 0.25) is 0 Å². The van der Waals surface area contributed by atoms with Crippen molar-refractivity contribution in [3.05, 3.63) is 80.5 Å². The molecule has 2 aromatic carbocycles. The van der Waals surface area contributed by atoms with Gasteiger partial charge in [0, 0.05) is 16.6 Å². The molecule has 1 fully saturated rings. The van der Waals surface area contributed by atoms with Crippen LogP contribution in [0.25, 0.3) is 5.76 Å². The van der Waals surface area contributed by atoms with E-state index in [1.54, 1.807) is 12.1 Å². The van der Waals surface area contributed by atoms with Gasteiger partial charge in [-0.3, -0.25) is 14.5 Å². The molecule has 3 aromatic rings. The van der Waals surface area contributed by atoms with Crippen molar-refractivity contribution in [3.8, 4) is 11.5 Å². The van der Waals surface area contributed by atoms with Crippen LogP contribution in [0, 0.1) is 6.92 Å². The Morgan fingerprint density at radius 3 is 2.41 bits per heavy atom. The van der Waals surface area contributed by atoms with E-state index in [0.717, 1.165) is 10.4 Å². The maximum atomic E-state index is 13.2. The molecule has 32 heavy (non-hydrogen) atoms. The van der Waals surface area contributed by atoms with Crippen molar-refractivity contribution in [2.75, 3.05) is 19.1 Å². The fraction of sp³-hybridized carbons (Fsp3) is 0.167. The number of para-hydroxylation sites is 1. The van der Waals surface area contributed by atoms with Crippen LogP contribution in [0.2, 0.25) is 5.02 Å². The number of hydrogen-bond donors (Lipinski definition) is 1. The van der Waals surface area contributed by atoms with Gasteiger partial charge in [0.05, 0.1) is 30.4 Å². The number of ether oxygens (including phenoxy) is 2. The number of carbonyl (C=O) groups is 2. The number of benzene rings is 2. The minimum atomic E-state index is -0.790. The van der Waals surface area contributed by atoms with E-state index in [-0.39, 0.29) is 27.7 Å². The maximum absolute atomic E-state index is 13.2. The number of hydrogen-bond acceptors (Lipinski definition) is 6. The van der Waals surface area contributed by atoms with E-state index in [2.05, 4.69) is 0 Å². The molecule has 1 aromatic heterocycles. The molecule has 2 heterocycles. The number of ketones is 1. The predicted molar refractivity (Wildman–Crippen MR) is 125 cm³/mol. The van der Waals surface area contributed by atoms with Crippen LogP contribution in [0.5, 0.6) is 11.5 Å². The number of halogens is 1. The average Bonchev–Trinajstić information content (AvgIpc) is 3.41. The molecule has 164 valence electrons. The van der Waals surface area contributed by atoms with Crippen molar-refractivity contribution in [3.63, 3.8) is 0 Å². The third-order valence-electron chi connectivity index (χ3n) is 5.36. The Labute approximate surface area is 194 Å². The van der Waals surface area contributed by atoms with Gasteiger partial charge in [-0.25, -0.2) is 0 Å². The van der Waals surface area contributed by atoms with Crippen molar-refractivity contribution in [1.82, 2.24) is 0 Å². The summed E-state index contributed by atoms with van der Waals surface area (Å²) in [4.78, 5) is 28.6. The number of aliphatic hydroxyl groups is 1. The summed E-state index contributed by atoms with van der Waals surface area (Å²) in [5.41, 5.74) is 1.61. The zero-order chi connectivity index (χ0) is 23.0. The second kappa shape index (κ2) is 8.68. The standard InChI is InChI=1S/C24H20ClNO5S/c1-13-7-4-5-8-16(13)26-21(19-9-6-10-32-19)20(23(28)24(26)29)22(27)14-11-15(25)18(31-3)12-17(14)30-2/h4-12,21,27H,1-3H3/b22-20-. The van der Waals surface area contributed by atoms with E-state index in [1.165, 1.54) is 42.6 Å². The van der Waals surface area contributed by atoms with Crippen LogP contribution in [0.1, 0.15) is 22.0 Å². The highest BCUT2D eigenvalue weighted by molar-refractivity contribution is 7.10. The first-order valence-electron chi connectivity index (χ1n) is 9.71. The van der Waals surface area contributed by atoms with E-state index in [0.29, 0.717) is 11.4 Å². The lowest BCUT2D eigenvalue weighted by molar-refractivity contribution is -0.132. The molecule has 1 N–H and O–H groups in total. The van der Waals surface area contributed by atoms with Crippen LogP contribution in [0.15, 0.2) is 59.5 Å². The molecule has 0 bridgehead atoms. The third kappa shape index (κ3) is 3.53. The minimum Gasteiger partial charge on any atom is -0.507 e. The summed E-state index contributed by atoms with van der Waals surface area (Å²) < 4.78 is 10.6. The lowest BCUT2D eigenvalue weighted by atomic mass is 9.99. The summed E-state index contributed by atoms with van der Waals surface area (Å²) in [5.74, 6) is -1.23. The number of aliphatic hydroxyl groups excluding tert-OH is 1. The first kappa shape index (κ1) is 21.9. The molecule has 1 amide bonds. The number of Topliss-reactive ketones (excluding diaryl/α,β-unsaturated/α-hetero) is 1. The quantitative estimate of drug-likeness (QED) is 0.309. The second-order valence-electron chi connectivity index (χ2n) is 7.16. The van der Waals surface area contributed by atoms with Crippen LogP contribution in [0.3, 0.4) is 0 Å². The summed E-state index contributed by atoms with van der Waals surface area (Å²) in [5, 5.41) is 13.4. The summed E-state index contributed by atoms with van der Waals surface area (Å²) in [6, 6.07) is 13.2. The SMILES string of the molecule is COc1cc(OC)c(/C(O)=C2/C(=O)C(=O)N(c3ccccc3C)C2c2cccs2)cc1Cl. The highest BCUT2D eigenvalue weighted by atomic mass is 35.5. The smallest absolute Gasteiger partial charge is 0.300 e. The van der Waals surface area contributed by atoms with Crippen molar-refractivity contribution in [2.45, 2.75) is 13.0 Å². The third-order valence-corrected chi connectivity index (χ3v) is 6.58. The average molecular weight is 470 g/mol. The molecule has 0 radical (unpaired) electrons. The highest BCUT2D eigenvalue weighted by Gasteiger charge is 2.48. The summed E-state index contributed by atoms with van der Waals surface area (Å²) >= 11 is 7.68. The minimum absolute atomic E-state index is 0.0276. The number of amides is 1. The Morgan fingerprint density at radius 1 is 1.06 bits per heavy atom. The van der Waals surface area contributed by atoms with Gasteiger partial charge < -0.3 is 14.6 Å². The molecule has 0 spiro atoms. The highest BCUT2D eigenvalue weighted by Crippen LogP contribution is 2.46. The van der Waals surface area contributed by atoms with Gasteiger partial charge in [0.25, 0.3) is 11.7 Å². The van der Waals surface area contributed by atoms with Gasteiger partial charge in [-0.05, 0) is 36.1 Å². The summed E-state index contributed by atoms with van der Waals surface area (Å²) in [6.45, 7) is 1.87. The number of carbonyl (C=O) groups excluding carboxylic acids is 2. The predicted octanol–water partition coefficient (Wildman–Crippen LogP) is 5.35. The first-order valence-corrected chi connectivity index (χ1v) is 11.0. The Morgan fingerprint density at radius 2 is 1.78 bits per heavy atom. The fourth-order valence-corrected chi connectivity index (χ4v) is 4.89. The van der Waals surface area contributed by atoms with Crippen molar-refractivity contribution >= 4 is 46.1 Å². The molecule has 1 unspecified atom stereocenters. The van der Waals surface area contributed by atoms with Crippen LogP contribution in [-0.4, -0.2) is 31.0 Å². The number of thiophene rings is 1. The molecular weight excluding hydrogens is 450 g/mol. The molecule has 1 atom stereocenters. The summed E-state index contributed by atoms with van der Waals surface area (Å²) in [7, 11) is 2.90. The molecule has 1 aliphatic rings. The normalized spacial score (nSPS) is 17.6. The number of methoxy groups -OCH3 is 2. The molecule has 8 heteroatoms. The van der Waals surface area contributed by atoms with E-state index in [9.17, 15) is 14.7 Å². The number of rotatable bonds is 5. The van der Waals surface area contributed by atoms with E-state index >= 15 is 0 Å². The topological polar surface area (TPSA) is 76.1 Å². The lowest BCUT2D eigenvalue weighted by Gasteiger charge is -2.25. The Balaban J connectivity index is 1.98. The zero-order valence-corrected chi connectivity index (χ0v) is 19.2. The van der Waals surface area contributed by atoms with Gasteiger partial charge in [-0.1, -0.05) is 35.9 Å². The van der Waals surface area contributed by atoms with Gasteiger partial charge in [0.15, 0.2) is 0 Å². The van der Waals surface area contributed by atoms with Gasteiger partial charge in [0.1, 0.15) is 23.3 Å². The monoisotopic (exact) mass is 469 g/mol. The number of aryl methyl sites for hydroxylation is 1. The van der Waals surface area contributed by atoms with E-state index in [4.69, 9.17) is 21.1 Å². The van der Waals surface area contributed by atoms with Crippen molar-refractivity contribution in [1.29, 1.82) is 0 Å². The fourth-order valence-electron chi connectivity index (χ4n) is 3.82. The molecule has 0 saturated carbocycles. The van der Waals surface area contributed by atoms with Crippen LogP contribution in [-0.2, 0) is 9.59 Å². The second-order valence-corrected chi connectivity index (χ2v) is 8.54. The van der Waals surface area contributed by atoms with Gasteiger partial charge in [-0.15, -0.1) is 11.3 Å². The van der Waals surface area contributed by atoms with Crippen LogP contribution in [0.4, 0.5) is 5.69 Å². The largest absolute Gasteiger partial charge is 0.507 e. The molecule has 6 nitrogen and oxygen atoms in total. The Kier molecular flexibility index (Phi) is 5.95. The maximum Gasteiger partial charge on any atom is 0.300 e. The van der Waals surface area contributed by atoms with Crippen molar-refractivity contribution < 1.29 is 24.2 Å². The van der Waals surface area contributed by atoms with Crippen molar-refractivity contribution in [2.24, 2.45) is 0 Å². The lowest BCUT2D eigenvalue weighted by Crippen LogP contribution is -2.29. The van der Waals surface area contributed by atoms with E-state index < -0.39 is 17.7 Å². The molecular formula is C24H20ClNO5S. The zero-order valence-electron chi connectivity index (χ0n) is 17.6. The van der Waals surface area contributed by atoms with E-state index in [1.807, 2.05) is 36.6 Å². The molecule has 0 aliphatic carbocycles. The Hall–Kier alpha value is -3.29. The van der Waals surface area contributed by atoms with Gasteiger partial charge >= 0.3 is 0 Å². The number of anilines is 1. The Bertz CT molecular complexity index is 1240. The van der Waals surface area contributed by atoms with Crippen LogP contribution < -0.4 is 14.4 Å². The molecule has 4 rings (SSSR count). The molecule has 1 saturated heterocycles. The number of nitrogens with zero attached hydrogens (tertiary/aromatic N) is 1. The van der Waals surface area contributed by atoms with Gasteiger partial charge in [-0.2, -0.15) is 0 Å².